The fourth-order valence-corrected chi connectivity index (χ4v) is 6.44. The van der Waals surface area contributed by atoms with Crippen LogP contribution in [0.15, 0.2) is 33.5 Å². The molecule has 2 aliphatic rings. The molecule has 1 atom stereocenters. The number of aromatic nitrogens is 2. The lowest BCUT2D eigenvalue weighted by Crippen LogP contribution is -3.12. The zero-order valence-corrected chi connectivity index (χ0v) is 20.3. The average Bonchev–Trinajstić information content (AvgIpc) is 3.17. The second-order valence-corrected chi connectivity index (χ2v) is 10.6. The highest BCUT2D eigenvalue weighted by molar-refractivity contribution is 7.18. The van der Waals surface area contributed by atoms with E-state index in [0.29, 0.717) is 23.1 Å². The predicted octanol–water partition coefficient (Wildman–Crippen LogP) is 3.44. The molecule has 7 nitrogen and oxygen atoms in total. The molecule has 6 rings (SSSR count). The predicted molar refractivity (Wildman–Crippen MR) is 131 cm³/mol. The van der Waals surface area contributed by atoms with Gasteiger partial charge in [0.05, 0.1) is 18.6 Å². The summed E-state index contributed by atoms with van der Waals surface area (Å²) in [6, 6.07) is 7.14. The van der Waals surface area contributed by atoms with Crippen molar-refractivity contribution in [3.8, 4) is 11.6 Å². The number of thiophene rings is 1. The Kier molecular flexibility index (Phi) is 5.59. The van der Waals surface area contributed by atoms with E-state index in [1.165, 1.54) is 27.8 Å². The Balaban J connectivity index is 1.43. The molecule has 0 unspecified atom stereocenters. The lowest BCUT2D eigenvalue weighted by molar-refractivity contribution is -0.922. The third kappa shape index (κ3) is 4.10. The third-order valence-electron chi connectivity index (χ3n) is 6.91. The molecule has 34 heavy (non-hydrogen) atoms. The highest BCUT2D eigenvalue weighted by atomic mass is 32.1. The van der Waals surface area contributed by atoms with Gasteiger partial charge in [0.1, 0.15) is 35.8 Å². The Morgan fingerprint density at radius 2 is 2.06 bits per heavy atom. The van der Waals surface area contributed by atoms with Gasteiger partial charge in [-0.3, -0.25) is 0 Å². The first kappa shape index (κ1) is 21.7. The summed E-state index contributed by atoms with van der Waals surface area (Å²) < 4.78 is 17.4. The minimum absolute atomic E-state index is 0.358. The molecule has 0 radical (unpaired) electrons. The molecular formula is C26H28N3O4S+. The van der Waals surface area contributed by atoms with Crippen molar-refractivity contribution in [3.05, 3.63) is 56.5 Å². The lowest BCUT2D eigenvalue weighted by Gasteiger charge is -2.23. The van der Waals surface area contributed by atoms with Crippen LogP contribution in [0.3, 0.4) is 0 Å². The molecule has 8 heteroatoms. The smallest absolute Gasteiger partial charge is 0.336 e. The Morgan fingerprint density at radius 1 is 1.21 bits per heavy atom. The molecular weight excluding hydrogens is 450 g/mol. The van der Waals surface area contributed by atoms with Crippen LogP contribution in [-0.2, 0) is 24.1 Å². The van der Waals surface area contributed by atoms with Gasteiger partial charge >= 0.3 is 5.63 Å². The number of rotatable bonds is 4. The fraction of sp³-hybridized carbons (Fsp3) is 0.423. The van der Waals surface area contributed by atoms with Crippen LogP contribution >= 0.6 is 11.3 Å². The second-order valence-electron chi connectivity index (χ2n) is 9.52. The number of nitrogens with one attached hydrogen (secondary N) is 1. The van der Waals surface area contributed by atoms with E-state index in [1.54, 1.807) is 17.4 Å². The molecule has 4 heterocycles. The van der Waals surface area contributed by atoms with E-state index < -0.39 is 0 Å². The minimum Gasteiger partial charge on any atom is -0.438 e. The summed E-state index contributed by atoms with van der Waals surface area (Å²) in [4.78, 5) is 25.6. The van der Waals surface area contributed by atoms with Crippen molar-refractivity contribution >= 4 is 32.5 Å². The van der Waals surface area contributed by atoms with Gasteiger partial charge in [0.25, 0.3) is 0 Å². The summed E-state index contributed by atoms with van der Waals surface area (Å²) >= 11 is 1.79. The van der Waals surface area contributed by atoms with Crippen molar-refractivity contribution in [2.24, 2.45) is 5.92 Å². The number of hydrogen-bond acceptors (Lipinski definition) is 7. The van der Waals surface area contributed by atoms with Crippen molar-refractivity contribution in [2.75, 3.05) is 26.3 Å². The van der Waals surface area contributed by atoms with Crippen LogP contribution in [0.2, 0.25) is 0 Å². The van der Waals surface area contributed by atoms with Gasteiger partial charge in [-0.05, 0) is 55.4 Å². The fourth-order valence-electron chi connectivity index (χ4n) is 5.04. The van der Waals surface area contributed by atoms with Crippen molar-refractivity contribution in [1.29, 1.82) is 0 Å². The van der Waals surface area contributed by atoms with Crippen molar-refractivity contribution < 1.29 is 18.8 Å². The maximum Gasteiger partial charge on any atom is 0.336 e. The summed E-state index contributed by atoms with van der Waals surface area (Å²) in [5.41, 5.74) is 2.39. The zero-order chi connectivity index (χ0) is 23.2. The molecule has 0 bridgehead atoms. The summed E-state index contributed by atoms with van der Waals surface area (Å²) in [5.74, 6) is 2.69. The molecule has 1 fully saturated rings. The first-order valence-electron chi connectivity index (χ1n) is 12.0. The van der Waals surface area contributed by atoms with Gasteiger partial charge < -0.3 is 18.8 Å². The van der Waals surface area contributed by atoms with E-state index in [1.807, 2.05) is 19.1 Å². The molecule has 0 spiro atoms. The van der Waals surface area contributed by atoms with E-state index in [9.17, 15) is 4.79 Å². The van der Waals surface area contributed by atoms with Crippen molar-refractivity contribution in [2.45, 2.75) is 39.7 Å². The van der Waals surface area contributed by atoms with Crippen LogP contribution in [-0.4, -0.2) is 36.3 Å². The molecule has 0 saturated carbocycles. The summed E-state index contributed by atoms with van der Waals surface area (Å²) in [7, 11) is 0. The van der Waals surface area contributed by atoms with E-state index >= 15 is 0 Å². The molecule has 1 aromatic carbocycles. The standard InChI is InChI=1S/C26H27N3O4S/c1-15-3-5-19-21(11-15)34-26-24(19)25(27-22(28-26)14-29-7-9-31-10-8-29)32-17-4-6-18-16(2)12-23(30)33-20(18)13-17/h4,6,12-13,15H,3,5,7-11,14H2,1-2H3/p+1/t15-/m1/s1. The normalized spacial score (nSPS) is 18.9. The van der Waals surface area contributed by atoms with Gasteiger partial charge in [-0.25, -0.2) is 9.78 Å². The molecule has 4 aromatic rings. The van der Waals surface area contributed by atoms with Gasteiger partial charge in [0, 0.05) is 22.4 Å². The van der Waals surface area contributed by atoms with Gasteiger partial charge in [-0.2, -0.15) is 4.98 Å². The quantitative estimate of drug-likeness (QED) is 0.453. The number of ether oxygens (including phenoxy) is 2. The first-order valence-corrected chi connectivity index (χ1v) is 12.8. The van der Waals surface area contributed by atoms with Crippen LogP contribution in [0, 0.1) is 12.8 Å². The third-order valence-corrected chi connectivity index (χ3v) is 8.06. The Bertz CT molecular complexity index is 1440. The lowest BCUT2D eigenvalue weighted by atomic mass is 9.89. The van der Waals surface area contributed by atoms with Crippen molar-refractivity contribution in [3.63, 3.8) is 0 Å². The molecule has 3 aromatic heterocycles. The summed E-state index contributed by atoms with van der Waals surface area (Å²) in [5, 5.41) is 1.94. The number of quaternary nitrogens is 1. The van der Waals surface area contributed by atoms with Gasteiger partial charge in [-0.15, -0.1) is 11.3 Å². The van der Waals surface area contributed by atoms with Gasteiger partial charge in [-0.1, -0.05) is 6.92 Å². The molecule has 0 amide bonds. The topological polar surface area (TPSA) is 78.9 Å². The van der Waals surface area contributed by atoms with E-state index in [-0.39, 0.29) is 5.63 Å². The number of hydrogen-bond donors (Lipinski definition) is 1. The van der Waals surface area contributed by atoms with Gasteiger partial charge in [0.15, 0.2) is 5.82 Å². The highest BCUT2D eigenvalue weighted by Crippen LogP contribution is 2.42. The van der Waals surface area contributed by atoms with Gasteiger partial charge in [0.2, 0.25) is 5.88 Å². The Labute approximate surface area is 201 Å². The van der Waals surface area contributed by atoms with E-state index in [0.717, 1.165) is 72.7 Å². The van der Waals surface area contributed by atoms with Crippen LogP contribution in [0.1, 0.15) is 35.2 Å². The number of benzene rings is 1. The van der Waals surface area contributed by atoms with Crippen LogP contribution in [0.25, 0.3) is 21.2 Å². The molecule has 1 saturated heterocycles. The largest absolute Gasteiger partial charge is 0.438 e. The maximum atomic E-state index is 11.9. The summed E-state index contributed by atoms with van der Waals surface area (Å²) in [6.07, 6.45) is 3.27. The first-order chi connectivity index (χ1) is 16.5. The number of nitrogens with zero attached hydrogens (tertiary/aromatic N) is 2. The second kappa shape index (κ2) is 8.76. The molecule has 176 valence electrons. The Hall–Kier alpha value is -2.81. The van der Waals surface area contributed by atoms with Crippen molar-refractivity contribution in [1.82, 2.24) is 9.97 Å². The zero-order valence-electron chi connectivity index (χ0n) is 19.5. The average molecular weight is 479 g/mol. The van der Waals surface area contributed by atoms with Crippen LogP contribution in [0.4, 0.5) is 0 Å². The van der Waals surface area contributed by atoms with E-state index in [2.05, 4.69) is 6.92 Å². The Morgan fingerprint density at radius 3 is 2.91 bits per heavy atom. The maximum absolute atomic E-state index is 11.9. The monoisotopic (exact) mass is 478 g/mol. The SMILES string of the molecule is Cc1cc(=O)oc2cc(Oc3nc(C[NH+]4CCOCC4)nc4sc5c(c34)CC[C@@H](C)C5)ccc12. The number of fused-ring (bicyclic) bond motifs is 4. The molecule has 1 aliphatic heterocycles. The molecule has 1 aliphatic carbocycles. The van der Waals surface area contributed by atoms with Crippen LogP contribution in [0.5, 0.6) is 11.6 Å². The highest BCUT2D eigenvalue weighted by Gasteiger charge is 2.26. The molecule has 1 N–H and O–H groups in total. The van der Waals surface area contributed by atoms with Crippen LogP contribution < -0.4 is 15.3 Å². The summed E-state index contributed by atoms with van der Waals surface area (Å²) in [6.45, 7) is 8.43. The number of aryl methyl sites for hydroxylation is 2. The minimum atomic E-state index is -0.358. The number of morpholine rings is 1. The van der Waals surface area contributed by atoms with E-state index in [4.69, 9.17) is 23.9 Å².